The molecule has 0 saturated carbocycles. The van der Waals surface area contributed by atoms with Crippen molar-refractivity contribution < 1.29 is 0 Å². The zero-order valence-electron chi connectivity index (χ0n) is 12.8. The Morgan fingerprint density at radius 2 is 1.39 bits per heavy atom. The number of benzene rings is 2. The van der Waals surface area contributed by atoms with E-state index in [-0.39, 0.29) is 0 Å². The summed E-state index contributed by atoms with van der Waals surface area (Å²) in [5, 5.41) is 1.26. The molecule has 2 nitrogen and oxygen atoms in total. The van der Waals surface area contributed by atoms with Gasteiger partial charge in [-0.05, 0) is 35.4 Å². The van der Waals surface area contributed by atoms with Crippen LogP contribution in [0.3, 0.4) is 0 Å². The first-order valence-corrected chi connectivity index (χ1v) is 9.28. The molecule has 2 aromatic rings. The highest BCUT2D eigenvalue weighted by Gasteiger charge is 2.17. The first kappa shape index (κ1) is 17.2. The third-order valence-corrected chi connectivity index (χ3v) is 5.38. The number of halogens is 3. The van der Waals surface area contributed by atoms with Crippen molar-refractivity contribution in [3.63, 3.8) is 0 Å². The Morgan fingerprint density at radius 3 is 1.96 bits per heavy atom. The second-order valence-electron chi connectivity index (χ2n) is 5.93. The van der Waals surface area contributed by atoms with E-state index in [9.17, 15) is 0 Å². The van der Waals surface area contributed by atoms with Crippen molar-refractivity contribution in [3.8, 4) is 0 Å². The first-order chi connectivity index (χ1) is 11.1. The summed E-state index contributed by atoms with van der Waals surface area (Å²) < 4.78 is 1.15. The highest BCUT2D eigenvalue weighted by Crippen LogP contribution is 2.23. The number of piperazine rings is 1. The lowest BCUT2D eigenvalue weighted by Crippen LogP contribution is -2.45. The molecule has 3 rings (SSSR count). The summed E-state index contributed by atoms with van der Waals surface area (Å²) in [7, 11) is 0. The summed E-state index contributed by atoms with van der Waals surface area (Å²) >= 11 is 15.6. The molecule has 1 aliphatic rings. The Bertz CT molecular complexity index is 670. The largest absolute Gasteiger partial charge is 0.297 e. The van der Waals surface area contributed by atoms with Crippen molar-refractivity contribution in [2.75, 3.05) is 26.2 Å². The van der Waals surface area contributed by atoms with Crippen molar-refractivity contribution in [2.45, 2.75) is 13.1 Å². The van der Waals surface area contributed by atoms with Gasteiger partial charge in [0.15, 0.2) is 0 Å². The van der Waals surface area contributed by atoms with Gasteiger partial charge in [0, 0.05) is 43.7 Å². The highest BCUT2D eigenvalue weighted by atomic mass is 79.9. The van der Waals surface area contributed by atoms with Crippen molar-refractivity contribution >= 4 is 39.1 Å². The van der Waals surface area contributed by atoms with Crippen LogP contribution in [0.5, 0.6) is 0 Å². The average molecular weight is 414 g/mol. The van der Waals surface area contributed by atoms with E-state index >= 15 is 0 Å². The number of hydrogen-bond acceptors (Lipinski definition) is 2. The van der Waals surface area contributed by atoms with Crippen LogP contribution in [-0.2, 0) is 13.1 Å². The van der Waals surface area contributed by atoms with Crippen LogP contribution in [0.4, 0.5) is 0 Å². The predicted molar refractivity (Wildman–Crippen MR) is 101 cm³/mol. The van der Waals surface area contributed by atoms with E-state index in [1.54, 1.807) is 0 Å². The number of nitrogens with zero attached hydrogens (tertiary/aromatic N) is 2. The topological polar surface area (TPSA) is 6.48 Å². The Balaban J connectivity index is 1.51. The van der Waals surface area contributed by atoms with Gasteiger partial charge < -0.3 is 0 Å². The number of hydrogen-bond donors (Lipinski definition) is 0. The minimum absolute atomic E-state index is 0.620. The maximum Gasteiger partial charge on any atom is 0.0595 e. The van der Waals surface area contributed by atoms with Crippen LogP contribution in [0, 0.1) is 0 Å². The summed E-state index contributed by atoms with van der Waals surface area (Å²) in [4.78, 5) is 4.98. The molecular formula is C18H19BrCl2N2. The monoisotopic (exact) mass is 412 g/mol. The van der Waals surface area contributed by atoms with E-state index in [4.69, 9.17) is 23.2 Å². The van der Waals surface area contributed by atoms with Gasteiger partial charge >= 0.3 is 0 Å². The molecule has 23 heavy (non-hydrogen) atoms. The third-order valence-electron chi connectivity index (χ3n) is 4.15. The summed E-state index contributed by atoms with van der Waals surface area (Å²) in [5.41, 5.74) is 2.58. The van der Waals surface area contributed by atoms with Gasteiger partial charge in [0.25, 0.3) is 0 Å². The molecule has 0 amide bonds. The van der Waals surface area contributed by atoms with Crippen LogP contribution >= 0.6 is 39.1 Å². The molecule has 0 spiro atoms. The molecule has 0 radical (unpaired) electrons. The quantitative estimate of drug-likeness (QED) is 0.689. The maximum atomic E-state index is 6.10. The van der Waals surface area contributed by atoms with Crippen LogP contribution in [0.15, 0.2) is 46.9 Å². The molecule has 0 N–H and O–H groups in total. The normalized spacial score (nSPS) is 16.7. The molecule has 0 unspecified atom stereocenters. The molecule has 2 aromatic carbocycles. The van der Waals surface area contributed by atoms with Gasteiger partial charge in [0.05, 0.1) is 10.0 Å². The van der Waals surface area contributed by atoms with Crippen LogP contribution in [0.2, 0.25) is 10.0 Å². The average Bonchev–Trinajstić information content (AvgIpc) is 2.53. The van der Waals surface area contributed by atoms with Gasteiger partial charge in [-0.2, -0.15) is 0 Å². The third kappa shape index (κ3) is 4.94. The van der Waals surface area contributed by atoms with Crippen molar-refractivity contribution in [3.05, 3.63) is 68.1 Å². The van der Waals surface area contributed by atoms with E-state index in [0.29, 0.717) is 10.0 Å². The predicted octanol–water partition coefficient (Wildman–Crippen LogP) is 5.07. The molecule has 122 valence electrons. The Morgan fingerprint density at radius 1 is 0.783 bits per heavy atom. The molecule has 0 aliphatic carbocycles. The van der Waals surface area contributed by atoms with Crippen LogP contribution < -0.4 is 0 Å². The molecule has 0 atom stereocenters. The minimum atomic E-state index is 0.620. The van der Waals surface area contributed by atoms with Crippen molar-refractivity contribution in [1.82, 2.24) is 9.80 Å². The lowest BCUT2D eigenvalue weighted by atomic mass is 10.1. The van der Waals surface area contributed by atoms with E-state index < -0.39 is 0 Å². The summed E-state index contributed by atoms with van der Waals surface area (Å²) in [6.07, 6.45) is 0. The van der Waals surface area contributed by atoms with Gasteiger partial charge in [0.2, 0.25) is 0 Å². The lowest BCUT2D eigenvalue weighted by molar-refractivity contribution is 0.122. The van der Waals surface area contributed by atoms with Gasteiger partial charge in [0.1, 0.15) is 0 Å². The first-order valence-electron chi connectivity index (χ1n) is 7.73. The molecular weight excluding hydrogens is 395 g/mol. The molecule has 1 heterocycles. The van der Waals surface area contributed by atoms with Crippen molar-refractivity contribution in [2.24, 2.45) is 0 Å². The van der Waals surface area contributed by atoms with Gasteiger partial charge in [-0.1, -0.05) is 57.3 Å². The minimum Gasteiger partial charge on any atom is -0.297 e. The maximum absolute atomic E-state index is 6.10. The van der Waals surface area contributed by atoms with Crippen LogP contribution in [0.25, 0.3) is 0 Å². The Kier molecular flexibility index (Phi) is 6.00. The molecule has 0 bridgehead atoms. The lowest BCUT2D eigenvalue weighted by Gasteiger charge is -2.34. The second-order valence-corrected chi connectivity index (χ2v) is 7.66. The zero-order chi connectivity index (χ0) is 16.2. The SMILES string of the molecule is Clc1ccc(CN2CCN(Cc3cccc(Br)c3)CC2)cc1Cl. The number of rotatable bonds is 4. The standard InChI is InChI=1S/C18H19BrCl2N2/c19-16-3-1-2-14(10-16)12-22-6-8-23(9-7-22)13-15-4-5-17(20)18(21)11-15/h1-5,10-11H,6-9,12-13H2. The highest BCUT2D eigenvalue weighted by molar-refractivity contribution is 9.10. The van der Waals surface area contributed by atoms with Gasteiger partial charge in [-0.15, -0.1) is 0 Å². The molecule has 1 saturated heterocycles. The van der Waals surface area contributed by atoms with Crippen LogP contribution in [0.1, 0.15) is 11.1 Å². The van der Waals surface area contributed by atoms with Gasteiger partial charge in [-0.25, -0.2) is 0 Å². The van der Waals surface area contributed by atoms with Gasteiger partial charge in [-0.3, -0.25) is 9.80 Å². The molecule has 1 aliphatic heterocycles. The van der Waals surface area contributed by atoms with E-state index in [0.717, 1.165) is 43.7 Å². The van der Waals surface area contributed by atoms with Crippen LogP contribution in [-0.4, -0.2) is 36.0 Å². The van der Waals surface area contributed by atoms with Crippen molar-refractivity contribution in [1.29, 1.82) is 0 Å². The zero-order valence-corrected chi connectivity index (χ0v) is 15.9. The summed E-state index contributed by atoms with van der Waals surface area (Å²) in [6, 6.07) is 14.5. The van der Waals surface area contributed by atoms with E-state index in [1.807, 2.05) is 12.1 Å². The Labute approximate surface area is 156 Å². The molecule has 1 fully saturated rings. The molecule has 5 heteroatoms. The fraction of sp³-hybridized carbons (Fsp3) is 0.333. The van der Waals surface area contributed by atoms with E-state index in [1.165, 1.54) is 11.1 Å². The second kappa shape index (κ2) is 8.00. The Hall–Kier alpha value is -0.580. The smallest absolute Gasteiger partial charge is 0.0595 e. The molecule has 0 aromatic heterocycles. The fourth-order valence-electron chi connectivity index (χ4n) is 2.90. The van der Waals surface area contributed by atoms with E-state index in [2.05, 4.69) is 56.1 Å². The summed E-state index contributed by atoms with van der Waals surface area (Å²) in [6.45, 7) is 6.28. The fourth-order valence-corrected chi connectivity index (χ4v) is 3.66. The summed E-state index contributed by atoms with van der Waals surface area (Å²) in [5.74, 6) is 0.